The molecule has 2 aromatic heterocycles. The molecule has 0 radical (unpaired) electrons. The molecule has 3 amide bonds. The monoisotopic (exact) mass is 755 g/mol. The molecule has 0 saturated carbocycles. The molecular weight excluding hydrogens is 699 g/mol. The zero-order chi connectivity index (χ0) is 39.0. The van der Waals surface area contributed by atoms with Crippen LogP contribution >= 0.6 is 23.2 Å². The van der Waals surface area contributed by atoms with Crippen molar-refractivity contribution in [2.24, 2.45) is 11.8 Å². The van der Waals surface area contributed by atoms with E-state index in [0.717, 1.165) is 19.3 Å². The number of nitrogens with two attached hydrogens (primary N) is 1. The van der Waals surface area contributed by atoms with E-state index in [1.807, 2.05) is 20.8 Å². The highest BCUT2D eigenvalue weighted by Crippen LogP contribution is 2.21. The van der Waals surface area contributed by atoms with E-state index in [2.05, 4.69) is 21.7 Å². The number of nitrogen functional groups attached to an aromatic ring is 1. The second kappa shape index (κ2) is 25.6. The molecule has 2 atom stereocenters. The third-order valence-corrected chi connectivity index (χ3v) is 6.48. The van der Waals surface area contributed by atoms with Gasteiger partial charge in [-0.05, 0) is 91.5 Å². The summed E-state index contributed by atoms with van der Waals surface area (Å²) in [5, 5.41) is 11.9. The number of rotatable bonds is 3. The lowest BCUT2D eigenvalue weighted by Gasteiger charge is -2.33. The Hall–Kier alpha value is -4.28. The number of piperidine rings is 2. The number of nitrogens with zero attached hydrogens (tertiary/aromatic N) is 4. The molecule has 0 bridgehead atoms. The van der Waals surface area contributed by atoms with Gasteiger partial charge < -0.3 is 35.4 Å². The molecule has 2 saturated heterocycles. The number of halogens is 2. The van der Waals surface area contributed by atoms with Gasteiger partial charge in [0.05, 0.1) is 34.7 Å². The number of aliphatic carboxylic acids is 1. The van der Waals surface area contributed by atoms with Crippen LogP contribution in [0, 0.1) is 24.7 Å². The van der Waals surface area contributed by atoms with Gasteiger partial charge in [0.1, 0.15) is 12.6 Å². The van der Waals surface area contributed by atoms with Crippen LogP contribution in [0.2, 0.25) is 0 Å². The molecule has 286 valence electrons. The number of likely N-dealkylation sites (tertiary alicyclic amines) is 2. The maximum absolute atomic E-state index is 12.3. The first-order chi connectivity index (χ1) is 23.9. The van der Waals surface area contributed by atoms with E-state index in [1.54, 1.807) is 74.7 Å². The lowest BCUT2D eigenvalue weighted by Crippen LogP contribution is -2.45. The van der Waals surface area contributed by atoms with E-state index >= 15 is 0 Å². The van der Waals surface area contributed by atoms with Gasteiger partial charge in [-0.2, -0.15) is 0 Å². The van der Waals surface area contributed by atoms with Crippen LogP contribution in [0.5, 0.6) is 0 Å². The van der Waals surface area contributed by atoms with Gasteiger partial charge in [-0.15, -0.1) is 36.0 Å². The minimum atomic E-state index is -0.840. The number of terminal acetylenes is 1. The van der Waals surface area contributed by atoms with Gasteiger partial charge >= 0.3 is 18.2 Å². The number of hydrogen-bond donors (Lipinski definition) is 3. The third-order valence-electron chi connectivity index (χ3n) is 6.48. The van der Waals surface area contributed by atoms with E-state index < -0.39 is 29.2 Å². The van der Waals surface area contributed by atoms with Crippen molar-refractivity contribution in [2.75, 3.05) is 42.6 Å². The van der Waals surface area contributed by atoms with Crippen LogP contribution in [-0.2, 0) is 19.1 Å². The third kappa shape index (κ3) is 22.9. The second-order valence-corrected chi connectivity index (χ2v) is 13.8. The van der Waals surface area contributed by atoms with Crippen molar-refractivity contribution in [3.63, 3.8) is 0 Å². The summed E-state index contributed by atoms with van der Waals surface area (Å²) in [6.45, 7) is 12.7. The molecule has 0 spiro atoms. The van der Waals surface area contributed by atoms with Gasteiger partial charge in [0.2, 0.25) is 5.91 Å². The van der Waals surface area contributed by atoms with Crippen molar-refractivity contribution < 1.29 is 35.1 Å². The molecule has 51 heavy (non-hydrogen) atoms. The standard InChI is InChI=1S/C16H23N3O3.C11H19NO4.C5H6N2.C2H2.CH2Cl2.CH4/c1-16(2,3)22-15(21)19-9-5-6-12(11-19)14(20)18-13-7-4-8-17-10-13;1-11(2,3)16-10(15)12-6-4-5-8(7-12)9(13)14;6-5-2-1-3-7-4-5;1-2;2-1-3;/h4,7-8,10,12H,5-6,9,11H2,1-3H3,(H,18,20);8H,4-7H2,1-3H3,(H,13,14);1-4H,6H2;1-2H;1H2;1H4/t12-;8-;;;;/m11..../s1/i;;;1D;;. The van der Waals surface area contributed by atoms with Crippen LogP contribution in [0.1, 0.15) is 76.0 Å². The Bertz CT molecular complexity index is 1360. The van der Waals surface area contributed by atoms with Gasteiger partial charge in [0, 0.05) is 44.8 Å². The number of pyridine rings is 2. The number of hydrogen-bond acceptors (Lipinski definition) is 9. The number of carboxylic acids is 1. The topological polar surface area (TPSA) is 177 Å². The summed E-state index contributed by atoms with van der Waals surface area (Å²) in [6, 6.07) is 7.16. The predicted molar refractivity (Wildman–Crippen MR) is 203 cm³/mol. The quantitative estimate of drug-likeness (QED) is 0.212. The zero-order valence-corrected chi connectivity index (χ0v) is 31.2. The zero-order valence-electron chi connectivity index (χ0n) is 30.7. The Morgan fingerprint density at radius 2 is 1.35 bits per heavy atom. The molecule has 15 heteroatoms. The molecule has 2 fully saturated rings. The van der Waals surface area contributed by atoms with E-state index in [-0.39, 0.29) is 37.2 Å². The van der Waals surface area contributed by atoms with Crippen molar-refractivity contribution in [1.29, 1.82) is 0 Å². The molecule has 0 aliphatic carbocycles. The fourth-order valence-electron chi connectivity index (χ4n) is 4.41. The molecule has 0 unspecified atom stereocenters. The maximum Gasteiger partial charge on any atom is 0.410 e. The predicted octanol–water partition coefficient (Wildman–Crippen LogP) is 7.36. The Labute approximate surface area is 315 Å². The van der Waals surface area contributed by atoms with Crippen molar-refractivity contribution in [1.82, 2.24) is 19.8 Å². The van der Waals surface area contributed by atoms with E-state index in [9.17, 15) is 19.2 Å². The number of nitrogens with one attached hydrogen (secondary N) is 1. The summed E-state index contributed by atoms with van der Waals surface area (Å²) in [6.07, 6.45) is 14.5. The lowest BCUT2D eigenvalue weighted by atomic mass is 9.97. The summed E-state index contributed by atoms with van der Waals surface area (Å²) in [5.41, 5.74) is 5.61. The molecule has 0 aromatic carbocycles. The van der Waals surface area contributed by atoms with E-state index in [0.29, 0.717) is 37.4 Å². The van der Waals surface area contributed by atoms with E-state index in [1.165, 1.54) is 11.3 Å². The SMILES string of the molecule is C.CC(C)(C)OC(=O)N1CCC[C@@H](C(=O)Nc2cccnc2)C1.CC(C)(C)OC(=O)N1CCC[C@@H](C(=O)O)C1.ClCCl.Nc1cccnc1.[2H]C#C. The first-order valence-corrected chi connectivity index (χ1v) is 17.0. The lowest BCUT2D eigenvalue weighted by molar-refractivity contribution is -0.143. The molecule has 4 heterocycles. The molecule has 2 aromatic rings. The average Bonchev–Trinajstić information content (AvgIpc) is 3.05. The molecule has 2 aliphatic heterocycles. The molecule has 2 aliphatic rings. The summed E-state index contributed by atoms with van der Waals surface area (Å²) < 4.78 is 16.3. The summed E-state index contributed by atoms with van der Waals surface area (Å²) in [5.74, 6) is -1.60. The average molecular weight is 757 g/mol. The van der Waals surface area contributed by atoms with E-state index in [4.69, 9.17) is 44.9 Å². The number of anilines is 2. The number of carbonyl (C=O) groups excluding carboxylic acids is 3. The van der Waals surface area contributed by atoms with Crippen LogP contribution in [0.15, 0.2) is 49.1 Å². The summed E-state index contributed by atoms with van der Waals surface area (Å²) in [7, 11) is 0. The van der Waals surface area contributed by atoms with Gasteiger partial charge in [-0.3, -0.25) is 19.6 Å². The fourth-order valence-corrected chi connectivity index (χ4v) is 4.41. The minimum absolute atomic E-state index is 0. The first kappa shape index (κ1) is 46.7. The summed E-state index contributed by atoms with van der Waals surface area (Å²) in [4.78, 5) is 57.7. The highest BCUT2D eigenvalue weighted by Gasteiger charge is 2.32. The Kier molecular flexibility index (Phi) is 23.5. The van der Waals surface area contributed by atoms with Gasteiger partial charge in [-0.25, -0.2) is 9.59 Å². The Balaban J connectivity index is 0. The largest absolute Gasteiger partial charge is 0.481 e. The van der Waals surface area contributed by atoms with Crippen molar-refractivity contribution >= 4 is 58.6 Å². The van der Waals surface area contributed by atoms with Gasteiger partial charge in [0.15, 0.2) is 0 Å². The smallest absolute Gasteiger partial charge is 0.410 e. The van der Waals surface area contributed by atoms with Crippen molar-refractivity contribution in [2.45, 2.75) is 85.9 Å². The number of aromatic nitrogens is 2. The first-order valence-electron chi connectivity index (χ1n) is 16.4. The summed E-state index contributed by atoms with van der Waals surface area (Å²) >= 11 is 9.53. The maximum atomic E-state index is 12.3. The fraction of sp³-hybridized carbons (Fsp3) is 0.556. The molecule has 4 N–H and O–H groups in total. The minimum Gasteiger partial charge on any atom is -0.481 e. The van der Waals surface area contributed by atoms with Crippen LogP contribution < -0.4 is 11.1 Å². The number of carboxylic acid groups (broad SMARTS) is 1. The normalized spacial score (nSPS) is 16.6. The highest BCUT2D eigenvalue weighted by atomic mass is 35.5. The number of carbonyl (C=O) groups is 4. The van der Waals surface area contributed by atoms with Crippen molar-refractivity contribution in [3.05, 3.63) is 49.1 Å². The number of ether oxygens (including phenoxy) is 2. The van der Waals surface area contributed by atoms with Gasteiger partial charge in [0.25, 0.3) is 0 Å². The van der Waals surface area contributed by atoms with Gasteiger partial charge in [-0.1, -0.05) is 7.43 Å². The Morgan fingerprint density at radius 3 is 1.71 bits per heavy atom. The second-order valence-electron chi connectivity index (χ2n) is 13.0. The van der Waals surface area contributed by atoms with Crippen LogP contribution in [0.25, 0.3) is 0 Å². The molecular formula is C36H56Cl2N6O7. The number of amides is 3. The molecule has 13 nitrogen and oxygen atoms in total. The van der Waals surface area contributed by atoms with Crippen LogP contribution in [0.3, 0.4) is 0 Å². The highest BCUT2D eigenvalue weighted by molar-refractivity contribution is 6.40. The Morgan fingerprint density at radius 1 is 0.922 bits per heavy atom. The number of alkyl halides is 2. The molecule has 4 rings (SSSR count). The van der Waals surface area contributed by atoms with Crippen LogP contribution in [0.4, 0.5) is 21.0 Å². The van der Waals surface area contributed by atoms with Crippen LogP contribution in [-0.4, -0.2) is 91.7 Å². The van der Waals surface area contributed by atoms with Crippen molar-refractivity contribution in [3.8, 4) is 12.8 Å².